The number of piperazine rings is 1. The summed E-state index contributed by atoms with van der Waals surface area (Å²) < 4.78 is 0. The number of amides is 2. The number of nitrogens with zero attached hydrogens (tertiary/aromatic N) is 3. The predicted molar refractivity (Wildman–Crippen MR) is 96.6 cm³/mol. The van der Waals surface area contributed by atoms with Gasteiger partial charge in [-0.1, -0.05) is 23.7 Å². The number of carbonyl (C=O) groups excluding carboxylic acids is 1. The van der Waals surface area contributed by atoms with Crippen LogP contribution in [0.5, 0.6) is 0 Å². The molecule has 0 bridgehead atoms. The normalized spacial score (nSPS) is 14.5. The summed E-state index contributed by atoms with van der Waals surface area (Å²) in [7, 11) is 0. The second-order valence-corrected chi connectivity index (χ2v) is 6.19. The smallest absolute Gasteiger partial charge is 0.317 e. The van der Waals surface area contributed by atoms with Gasteiger partial charge in [0.15, 0.2) is 0 Å². The molecular formula is C18H21ClN4O. The van der Waals surface area contributed by atoms with Crippen LogP contribution in [0.15, 0.2) is 48.7 Å². The minimum absolute atomic E-state index is 0.00308. The lowest BCUT2D eigenvalue weighted by Gasteiger charge is -2.36. The molecule has 24 heavy (non-hydrogen) atoms. The largest absolute Gasteiger partial charge is 0.368 e. The number of aromatic nitrogens is 1. The van der Waals surface area contributed by atoms with E-state index < -0.39 is 0 Å². The predicted octanol–water partition coefficient (Wildman–Crippen LogP) is 2.81. The van der Waals surface area contributed by atoms with E-state index in [4.69, 9.17) is 11.6 Å². The molecule has 5 nitrogen and oxygen atoms in total. The summed E-state index contributed by atoms with van der Waals surface area (Å²) in [5.74, 6) is 0. The van der Waals surface area contributed by atoms with Crippen molar-refractivity contribution in [2.45, 2.75) is 6.42 Å². The van der Waals surface area contributed by atoms with Gasteiger partial charge in [-0.3, -0.25) is 4.98 Å². The Morgan fingerprint density at radius 1 is 1.12 bits per heavy atom. The van der Waals surface area contributed by atoms with Gasteiger partial charge in [0.05, 0.1) is 0 Å². The van der Waals surface area contributed by atoms with Crippen molar-refractivity contribution < 1.29 is 4.79 Å². The minimum atomic E-state index is -0.00308. The molecule has 2 heterocycles. The van der Waals surface area contributed by atoms with Crippen LogP contribution in [0.25, 0.3) is 0 Å². The Morgan fingerprint density at radius 3 is 2.67 bits per heavy atom. The lowest BCUT2D eigenvalue weighted by molar-refractivity contribution is 0.194. The molecule has 0 spiro atoms. The Balaban J connectivity index is 1.43. The molecule has 1 aliphatic rings. The van der Waals surface area contributed by atoms with Gasteiger partial charge in [-0.25, -0.2) is 4.79 Å². The van der Waals surface area contributed by atoms with Crippen LogP contribution in [-0.4, -0.2) is 48.6 Å². The fourth-order valence-corrected chi connectivity index (χ4v) is 2.98. The molecule has 2 aromatic rings. The summed E-state index contributed by atoms with van der Waals surface area (Å²) in [6.07, 6.45) is 2.52. The van der Waals surface area contributed by atoms with Crippen molar-refractivity contribution in [3.05, 3.63) is 59.4 Å². The van der Waals surface area contributed by atoms with Crippen molar-refractivity contribution in [2.75, 3.05) is 37.6 Å². The highest BCUT2D eigenvalue weighted by Crippen LogP contribution is 2.20. The van der Waals surface area contributed by atoms with E-state index in [1.807, 2.05) is 41.3 Å². The van der Waals surface area contributed by atoms with E-state index in [1.165, 1.54) is 0 Å². The Morgan fingerprint density at radius 2 is 1.96 bits per heavy atom. The molecule has 1 aromatic heterocycles. The first-order valence-electron chi connectivity index (χ1n) is 8.15. The van der Waals surface area contributed by atoms with E-state index in [9.17, 15) is 4.79 Å². The molecule has 1 aliphatic heterocycles. The highest BCUT2D eigenvalue weighted by molar-refractivity contribution is 6.30. The van der Waals surface area contributed by atoms with Crippen LogP contribution in [0.3, 0.4) is 0 Å². The van der Waals surface area contributed by atoms with Gasteiger partial charge in [0.2, 0.25) is 0 Å². The SMILES string of the molecule is O=C(NCCc1ccccn1)N1CCN(c2cccc(Cl)c2)CC1. The van der Waals surface area contributed by atoms with Crippen LogP contribution in [-0.2, 0) is 6.42 Å². The molecule has 2 amide bonds. The van der Waals surface area contributed by atoms with Crippen molar-refractivity contribution in [1.29, 1.82) is 0 Å². The number of pyridine rings is 1. The molecule has 0 saturated carbocycles. The second-order valence-electron chi connectivity index (χ2n) is 5.76. The van der Waals surface area contributed by atoms with E-state index in [2.05, 4.69) is 21.3 Å². The fourth-order valence-electron chi connectivity index (χ4n) is 2.80. The van der Waals surface area contributed by atoms with Crippen LogP contribution in [0.4, 0.5) is 10.5 Å². The average molecular weight is 345 g/mol. The maximum Gasteiger partial charge on any atom is 0.317 e. The van der Waals surface area contributed by atoms with Gasteiger partial charge in [0.1, 0.15) is 0 Å². The van der Waals surface area contributed by atoms with Crippen molar-refractivity contribution in [2.24, 2.45) is 0 Å². The van der Waals surface area contributed by atoms with Crippen LogP contribution < -0.4 is 10.2 Å². The summed E-state index contributed by atoms with van der Waals surface area (Å²) in [6.45, 7) is 3.65. The molecule has 1 aromatic carbocycles. The van der Waals surface area contributed by atoms with Crippen LogP contribution in [0, 0.1) is 0 Å². The lowest BCUT2D eigenvalue weighted by Crippen LogP contribution is -2.52. The van der Waals surface area contributed by atoms with Crippen LogP contribution in [0.1, 0.15) is 5.69 Å². The van der Waals surface area contributed by atoms with Crippen molar-refractivity contribution >= 4 is 23.3 Å². The van der Waals surface area contributed by atoms with Gasteiger partial charge in [-0.2, -0.15) is 0 Å². The Labute approximate surface area is 147 Å². The Kier molecular flexibility index (Phi) is 5.54. The zero-order valence-electron chi connectivity index (χ0n) is 13.5. The average Bonchev–Trinajstić information content (AvgIpc) is 2.63. The molecule has 1 saturated heterocycles. The second kappa shape index (κ2) is 8.02. The quantitative estimate of drug-likeness (QED) is 0.927. The van der Waals surface area contributed by atoms with Gasteiger partial charge in [0.25, 0.3) is 0 Å². The Hall–Kier alpha value is -2.27. The third-order valence-corrected chi connectivity index (χ3v) is 4.36. The molecule has 126 valence electrons. The molecule has 1 N–H and O–H groups in total. The van der Waals surface area contributed by atoms with Gasteiger partial charge in [0, 0.05) is 61.7 Å². The van der Waals surface area contributed by atoms with Crippen molar-refractivity contribution in [3.8, 4) is 0 Å². The van der Waals surface area contributed by atoms with Crippen molar-refractivity contribution in [3.63, 3.8) is 0 Å². The van der Waals surface area contributed by atoms with E-state index in [0.29, 0.717) is 19.6 Å². The van der Waals surface area contributed by atoms with E-state index in [0.717, 1.165) is 35.9 Å². The summed E-state index contributed by atoms with van der Waals surface area (Å²) in [5.41, 5.74) is 2.10. The zero-order valence-corrected chi connectivity index (χ0v) is 14.2. The maximum absolute atomic E-state index is 12.2. The molecule has 1 fully saturated rings. The van der Waals surface area contributed by atoms with Gasteiger partial charge < -0.3 is 15.1 Å². The molecular weight excluding hydrogens is 324 g/mol. The number of urea groups is 1. The minimum Gasteiger partial charge on any atom is -0.368 e. The first kappa shape index (κ1) is 16.6. The fraction of sp³-hybridized carbons (Fsp3) is 0.333. The lowest BCUT2D eigenvalue weighted by atomic mass is 10.2. The molecule has 0 radical (unpaired) electrons. The van der Waals surface area contributed by atoms with Crippen molar-refractivity contribution in [1.82, 2.24) is 15.2 Å². The standard InChI is InChI=1S/C18H21ClN4O/c19-15-4-3-6-17(14-15)22-10-12-23(13-11-22)18(24)21-9-7-16-5-1-2-8-20-16/h1-6,8,14H,7,9-13H2,(H,21,24). The monoisotopic (exact) mass is 344 g/mol. The summed E-state index contributed by atoms with van der Waals surface area (Å²) in [5, 5.41) is 3.71. The molecule has 6 heteroatoms. The van der Waals surface area contributed by atoms with Gasteiger partial charge in [-0.05, 0) is 30.3 Å². The van der Waals surface area contributed by atoms with E-state index >= 15 is 0 Å². The summed E-state index contributed by atoms with van der Waals surface area (Å²) in [4.78, 5) is 20.6. The number of hydrogen-bond donors (Lipinski definition) is 1. The van der Waals surface area contributed by atoms with Gasteiger partial charge in [-0.15, -0.1) is 0 Å². The van der Waals surface area contributed by atoms with E-state index in [-0.39, 0.29) is 6.03 Å². The number of hydrogen-bond acceptors (Lipinski definition) is 3. The van der Waals surface area contributed by atoms with Crippen LogP contribution in [0.2, 0.25) is 5.02 Å². The number of benzene rings is 1. The maximum atomic E-state index is 12.2. The highest BCUT2D eigenvalue weighted by Gasteiger charge is 2.21. The third kappa shape index (κ3) is 4.38. The number of rotatable bonds is 4. The topological polar surface area (TPSA) is 48.5 Å². The number of carbonyl (C=O) groups is 1. The first-order chi connectivity index (χ1) is 11.7. The van der Waals surface area contributed by atoms with Crippen LogP contribution >= 0.6 is 11.6 Å². The van der Waals surface area contributed by atoms with E-state index in [1.54, 1.807) is 6.20 Å². The third-order valence-electron chi connectivity index (χ3n) is 4.12. The number of anilines is 1. The van der Waals surface area contributed by atoms with Gasteiger partial charge >= 0.3 is 6.03 Å². The molecule has 0 aliphatic carbocycles. The Bertz CT molecular complexity index is 672. The molecule has 0 unspecified atom stereocenters. The summed E-state index contributed by atoms with van der Waals surface area (Å²) >= 11 is 6.04. The highest BCUT2D eigenvalue weighted by atomic mass is 35.5. The zero-order chi connectivity index (χ0) is 16.8. The number of halogens is 1. The summed E-state index contributed by atoms with van der Waals surface area (Å²) in [6, 6.07) is 13.6. The first-order valence-corrected chi connectivity index (χ1v) is 8.53. The molecule has 3 rings (SSSR count). The molecule has 0 atom stereocenters. The number of nitrogens with one attached hydrogen (secondary N) is 1.